The third-order valence-electron chi connectivity index (χ3n) is 4.47. The lowest BCUT2D eigenvalue weighted by Gasteiger charge is -2.19. The molecule has 132 valence electrons. The minimum Gasteiger partial charge on any atom is -0.378 e. The van der Waals surface area contributed by atoms with E-state index in [-0.39, 0.29) is 5.91 Å². The molecule has 1 atom stereocenters. The highest BCUT2D eigenvalue weighted by atomic mass is 32.1. The van der Waals surface area contributed by atoms with E-state index < -0.39 is 5.91 Å². The standard InChI is InChI=1S/C18H22N4O2S/c1-21(2)12-6-4-11(5-7-12)17(24)20-18-15(16(19)23)13-8-9-22(3)10-14(13)25-18/h4-7H,8-10H2,1-3H3,(H2,19,23)(H,20,24)/p+1. The summed E-state index contributed by atoms with van der Waals surface area (Å²) in [5, 5.41) is 3.45. The fraction of sp³-hybridized carbons (Fsp3) is 0.333. The number of carbonyl (C=O) groups is 2. The number of anilines is 2. The monoisotopic (exact) mass is 359 g/mol. The number of thiophene rings is 1. The Labute approximate surface area is 151 Å². The second-order valence-electron chi connectivity index (χ2n) is 6.60. The number of nitrogens with two attached hydrogens (primary N) is 1. The van der Waals surface area contributed by atoms with Crippen molar-refractivity contribution >= 4 is 33.8 Å². The van der Waals surface area contributed by atoms with E-state index in [0.717, 1.165) is 35.6 Å². The first kappa shape index (κ1) is 17.4. The van der Waals surface area contributed by atoms with E-state index in [9.17, 15) is 9.59 Å². The number of hydrogen-bond acceptors (Lipinski definition) is 4. The van der Waals surface area contributed by atoms with Crippen LogP contribution >= 0.6 is 11.3 Å². The summed E-state index contributed by atoms with van der Waals surface area (Å²) in [5.41, 5.74) is 8.64. The molecule has 2 amide bonds. The van der Waals surface area contributed by atoms with Crippen LogP contribution in [0.1, 0.15) is 31.2 Å². The molecule has 0 saturated carbocycles. The minimum absolute atomic E-state index is 0.230. The van der Waals surface area contributed by atoms with Crippen LogP contribution in [-0.2, 0) is 13.0 Å². The molecule has 0 radical (unpaired) electrons. The summed E-state index contributed by atoms with van der Waals surface area (Å²) in [7, 11) is 6.02. The zero-order valence-corrected chi connectivity index (χ0v) is 15.5. The molecule has 0 fully saturated rings. The van der Waals surface area contributed by atoms with Gasteiger partial charge < -0.3 is 20.9 Å². The predicted octanol–water partition coefficient (Wildman–Crippen LogP) is 0.736. The molecule has 1 aliphatic heterocycles. The summed E-state index contributed by atoms with van der Waals surface area (Å²) in [6, 6.07) is 7.34. The molecule has 1 aliphatic rings. The van der Waals surface area contributed by atoms with Gasteiger partial charge in [-0.3, -0.25) is 9.59 Å². The number of likely N-dealkylation sites (N-methyl/N-ethyl adjacent to an activating group) is 1. The van der Waals surface area contributed by atoms with Crippen LogP contribution in [0.3, 0.4) is 0 Å². The summed E-state index contributed by atoms with van der Waals surface area (Å²) in [6.07, 6.45) is 0.809. The van der Waals surface area contributed by atoms with Gasteiger partial charge in [0.2, 0.25) is 0 Å². The second-order valence-corrected chi connectivity index (χ2v) is 7.71. The Morgan fingerprint density at radius 2 is 1.92 bits per heavy atom. The quantitative estimate of drug-likeness (QED) is 0.753. The van der Waals surface area contributed by atoms with E-state index >= 15 is 0 Å². The van der Waals surface area contributed by atoms with E-state index in [1.165, 1.54) is 16.2 Å². The Hall–Kier alpha value is -2.38. The summed E-state index contributed by atoms with van der Waals surface area (Å²) < 4.78 is 0. The van der Waals surface area contributed by atoms with Gasteiger partial charge in [-0.25, -0.2) is 0 Å². The highest BCUT2D eigenvalue weighted by Gasteiger charge is 2.28. The molecule has 1 aromatic carbocycles. The topological polar surface area (TPSA) is 79.9 Å². The minimum atomic E-state index is -0.477. The lowest BCUT2D eigenvalue weighted by molar-refractivity contribution is -0.895. The largest absolute Gasteiger partial charge is 0.378 e. The van der Waals surface area contributed by atoms with E-state index in [0.29, 0.717) is 16.1 Å². The Kier molecular flexibility index (Phi) is 4.78. The molecule has 7 heteroatoms. The second kappa shape index (κ2) is 6.85. The van der Waals surface area contributed by atoms with Crippen LogP contribution in [0.5, 0.6) is 0 Å². The number of hydrogen-bond donors (Lipinski definition) is 3. The Balaban J connectivity index is 1.87. The SMILES string of the molecule is CN(C)c1ccc(C(=O)Nc2sc3c(c2C(N)=O)CC[NH+](C)C3)cc1. The van der Waals surface area contributed by atoms with Crippen molar-refractivity contribution in [2.45, 2.75) is 13.0 Å². The molecule has 25 heavy (non-hydrogen) atoms. The molecule has 0 aliphatic carbocycles. The van der Waals surface area contributed by atoms with Crippen molar-refractivity contribution in [3.05, 3.63) is 45.8 Å². The maximum atomic E-state index is 12.6. The van der Waals surface area contributed by atoms with Crippen LogP contribution in [-0.4, -0.2) is 39.5 Å². The molecule has 3 rings (SSSR count). The summed E-state index contributed by atoms with van der Waals surface area (Å²) >= 11 is 1.46. The third kappa shape index (κ3) is 3.52. The average Bonchev–Trinajstić information content (AvgIpc) is 2.91. The van der Waals surface area contributed by atoms with Crippen LogP contribution in [0.25, 0.3) is 0 Å². The predicted molar refractivity (Wildman–Crippen MR) is 101 cm³/mol. The number of primary amides is 1. The smallest absolute Gasteiger partial charge is 0.256 e. The molecule has 1 aromatic heterocycles. The molecule has 2 heterocycles. The number of nitrogens with zero attached hydrogens (tertiary/aromatic N) is 1. The van der Waals surface area contributed by atoms with Gasteiger partial charge in [-0.05, 0) is 29.8 Å². The van der Waals surface area contributed by atoms with Crippen LogP contribution in [0.2, 0.25) is 0 Å². The van der Waals surface area contributed by atoms with Crippen molar-refractivity contribution in [2.75, 3.05) is 37.9 Å². The van der Waals surface area contributed by atoms with Gasteiger partial charge in [0, 0.05) is 31.8 Å². The van der Waals surface area contributed by atoms with Gasteiger partial charge in [0.1, 0.15) is 11.5 Å². The lowest BCUT2D eigenvalue weighted by Crippen LogP contribution is -3.08. The van der Waals surface area contributed by atoms with Crippen molar-refractivity contribution in [3.8, 4) is 0 Å². The normalized spacial score (nSPS) is 16.2. The summed E-state index contributed by atoms with van der Waals surface area (Å²) in [5.74, 6) is -0.706. The van der Waals surface area contributed by atoms with Crippen LogP contribution < -0.4 is 20.9 Å². The number of nitrogens with one attached hydrogen (secondary N) is 2. The van der Waals surface area contributed by atoms with E-state index in [2.05, 4.69) is 12.4 Å². The lowest BCUT2D eigenvalue weighted by atomic mass is 10.0. The average molecular weight is 359 g/mol. The van der Waals surface area contributed by atoms with E-state index in [1.54, 1.807) is 12.1 Å². The van der Waals surface area contributed by atoms with E-state index in [1.807, 2.05) is 31.1 Å². The zero-order chi connectivity index (χ0) is 18.1. The molecule has 0 bridgehead atoms. The van der Waals surface area contributed by atoms with Crippen molar-refractivity contribution in [2.24, 2.45) is 5.73 Å². The number of rotatable bonds is 4. The maximum absolute atomic E-state index is 12.6. The first-order valence-corrected chi connectivity index (χ1v) is 9.03. The van der Waals surface area contributed by atoms with Crippen LogP contribution in [0, 0.1) is 0 Å². The number of fused-ring (bicyclic) bond motifs is 1. The molecule has 0 spiro atoms. The van der Waals surface area contributed by atoms with Crippen molar-refractivity contribution < 1.29 is 14.5 Å². The van der Waals surface area contributed by atoms with Crippen molar-refractivity contribution in [1.82, 2.24) is 0 Å². The van der Waals surface area contributed by atoms with Crippen molar-refractivity contribution in [3.63, 3.8) is 0 Å². The van der Waals surface area contributed by atoms with Gasteiger partial charge in [-0.15, -0.1) is 11.3 Å². The third-order valence-corrected chi connectivity index (χ3v) is 5.62. The van der Waals surface area contributed by atoms with Gasteiger partial charge in [0.15, 0.2) is 0 Å². The van der Waals surface area contributed by atoms with Gasteiger partial charge in [-0.1, -0.05) is 0 Å². The van der Waals surface area contributed by atoms with Gasteiger partial charge >= 0.3 is 0 Å². The first-order chi connectivity index (χ1) is 11.9. The Morgan fingerprint density at radius 3 is 2.52 bits per heavy atom. The number of amides is 2. The molecular weight excluding hydrogens is 336 g/mol. The fourth-order valence-corrected chi connectivity index (χ4v) is 4.42. The number of carbonyl (C=O) groups excluding carboxylic acids is 2. The zero-order valence-electron chi connectivity index (χ0n) is 14.7. The molecule has 6 nitrogen and oxygen atoms in total. The molecule has 4 N–H and O–H groups in total. The molecular formula is C18H23N4O2S+. The first-order valence-electron chi connectivity index (χ1n) is 8.21. The van der Waals surface area contributed by atoms with Gasteiger partial charge in [0.25, 0.3) is 11.8 Å². The van der Waals surface area contributed by atoms with Crippen LogP contribution in [0.4, 0.5) is 10.7 Å². The molecule has 2 aromatic rings. The number of quaternary nitrogens is 1. The van der Waals surface area contributed by atoms with E-state index in [4.69, 9.17) is 5.73 Å². The molecule has 1 unspecified atom stereocenters. The Morgan fingerprint density at radius 1 is 1.24 bits per heavy atom. The highest BCUT2D eigenvalue weighted by Crippen LogP contribution is 2.34. The fourth-order valence-electron chi connectivity index (χ4n) is 3.06. The highest BCUT2D eigenvalue weighted by molar-refractivity contribution is 7.17. The van der Waals surface area contributed by atoms with Gasteiger partial charge in [-0.2, -0.15) is 0 Å². The Bertz CT molecular complexity index is 811. The van der Waals surface area contributed by atoms with Crippen LogP contribution in [0.15, 0.2) is 24.3 Å². The maximum Gasteiger partial charge on any atom is 0.256 e. The number of benzene rings is 1. The van der Waals surface area contributed by atoms with Crippen molar-refractivity contribution in [1.29, 1.82) is 0 Å². The molecule has 0 saturated heterocycles. The summed E-state index contributed by atoms with van der Waals surface area (Å²) in [6.45, 7) is 1.82. The van der Waals surface area contributed by atoms with Gasteiger partial charge in [0.05, 0.1) is 24.0 Å². The summed E-state index contributed by atoms with van der Waals surface area (Å²) in [4.78, 5) is 29.0.